The molecule has 4 unspecified atom stereocenters. The lowest BCUT2D eigenvalue weighted by Gasteiger charge is -2.63. The largest absolute Gasteiger partial charge is 0.462 e. The molecule has 16 atom stereocenters. The summed E-state index contributed by atoms with van der Waals surface area (Å²) in [6.45, 7) is 11.9. The van der Waals surface area contributed by atoms with Crippen LogP contribution in [0.25, 0.3) is 0 Å². The molecule has 0 heterocycles. The average Bonchev–Trinajstić information content (AvgIpc) is 3.61. The summed E-state index contributed by atoms with van der Waals surface area (Å²) in [6.07, 6.45) is 12.2. The van der Waals surface area contributed by atoms with Crippen LogP contribution in [0.5, 0.6) is 0 Å². The van der Waals surface area contributed by atoms with Gasteiger partial charge in [0.05, 0.1) is 12.2 Å². The van der Waals surface area contributed by atoms with Gasteiger partial charge in [-0.2, -0.15) is 0 Å². The molecule has 10 nitrogen and oxygen atoms in total. The number of hydrogen-bond donors (Lipinski definition) is 2. The van der Waals surface area contributed by atoms with Gasteiger partial charge < -0.3 is 29.2 Å². The Bertz CT molecular complexity index is 1510. The Hall–Kier alpha value is -1.88. The minimum atomic E-state index is -0.881. The fourth-order valence-electron chi connectivity index (χ4n) is 15.5. The van der Waals surface area contributed by atoms with Crippen molar-refractivity contribution in [3.63, 3.8) is 0 Å². The van der Waals surface area contributed by atoms with Crippen LogP contribution in [0.3, 0.4) is 0 Å². The van der Waals surface area contributed by atoms with E-state index in [1.807, 2.05) is 0 Å². The lowest BCUT2D eigenvalue weighted by atomic mass is 9.43. The van der Waals surface area contributed by atoms with Crippen molar-refractivity contribution in [2.24, 2.45) is 57.2 Å². The first kappa shape index (κ1) is 40.3. The Morgan fingerprint density at radius 2 is 1.09 bits per heavy atom. The molecule has 0 amide bonds. The molecule has 8 fully saturated rings. The summed E-state index contributed by atoms with van der Waals surface area (Å²) in [6, 6.07) is 0. The van der Waals surface area contributed by atoms with E-state index in [9.17, 15) is 29.4 Å². The Balaban J connectivity index is 0.000000171. The van der Waals surface area contributed by atoms with Crippen LogP contribution in [0.4, 0.5) is 0 Å². The molecule has 54 heavy (non-hydrogen) atoms. The fourth-order valence-corrected chi connectivity index (χ4v) is 15.5. The molecule has 8 aliphatic carbocycles. The van der Waals surface area contributed by atoms with E-state index >= 15 is 0 Å². The average molecular weight is 757 g/mol. The number of hydrogen-bond acceptors (Lipinski definition) is 10. The SMILES string of the molecule is CO[C@]12C[C@H](O)CC[C@]1(C)C1CC[C@@]3(C)C(CC[C@@H]3O)[C@@H]1CC2=O.CO[C@]12C[C@H](OC(C)=O)CC[C@]1(C)C1CC[C@@]3(C)C(CC[C@@H]3OC(C)=O)[C@@H]1CC2=O. The highest BCUT2D eigenvalue weighted by atomic mass is 16.6. The molecule has 0 radical (unpaired) electrons. The third-order valence-corrected chi connectivity index (χ3v) is 18.3. The number of Topliss-reactive ketones (excluding diaryl/α,β-unsaturated/α-hetero) is 2. The zero-order chi connectivity index (χ0) is 39.2. The number of aliphatic hydroxyl groups is 2. The predicted molar refractivity (Wildman–Crippen MR) is 200 cm³/mol. The van der Waals surface area contributed by atoms with Crippen molar-refractivity contribution >= 4 is 23.5 Å². The highest BCUT2D eigenvalue weighted by Gasteiger charge is 2.70. The molecular weight excluding hydrogens is 688 g/mol. The number of fused-ring (bicyclic) bond motifs is 10. The van der Waals surface area contributed by atoms with Gasteiger partial charge in [-0.15, -0.1) is 0 Å². The van der Waals surface area contributed by atoms with Crippen LogP contribution in [0.2, 0.25) is 0 Å². The van der Waals surface area contributed by atoms with Crippen LogP contribution in [-0.4, -0.2) is 83.6 Å². The number of carbonyl (C=O) groups excluding carboxylic acids is 4. The molecule has 8 saturated carbocycles. The Labute approximate surface area is 322 Å². The second kappa shape index (κ2) is 13.9. The maximum Gasteiger partial charge on any atom is 0.302 e. The molecule has 0 bridgehead atoms. The molecule has 0 aliphatic heterocycles. The summed E-state index contributed by atoms with van der Waals surface area (Å²) in [4.78, 5) is 50.1. The van der Waals surface area contributed by atoms with Crippen molar-refractivity contribution in [1.82, 2.24) is 0 Å². The van der Waals surface area contributed by atoms with Gasteiger partial charge in [-0.1, -0.05) is 27.7 Å². The van der Waals surface area contributed by atoms with Crippen molar-refractivity contribution in [2.45, 2.75) is 180 Å². The first-order valence-electron chi connectivity index (χ1n) is 21.2. The van der Waals surface area contributed by atoms with Gasteiger partial charge in [-0.3, -0.25) is 19.2 Å². The van der Waals surface area contributed by atoms with E-state index in [4.69, 9.17) is 18.9 Å². The molecule has 8 aliphatic rings. The smallest absolute Gasteiger partial charge is 0.302 e. The molecule has 0 aromatic rings. The third kappa shape index (κ3) is 5.66. The number of esters is 2. The minimum absolute atomic E-state index is 0.0148. The molecule has 0 spiro atoms. The van der Waals surface area contributed by atoms with Gasteiger partial charge in [0.25, 0.3) is 0 Å². The lowest BCUT2D eigenvalue weighted by molar-refractivity contribution is -0.226. The number of aliphatic hydroxyl groups excluding tert-OH is 2. The molecule has 304 valence electrons. The van der Waals surface area contributed by atoms with Crippen LogP contribution in [-0.2, 0) is 38.1 Å². The van der Waals surface area contributed by atoms with Crippen molar-refractivity contribution in [3.05, 3.63) is 0 Å². The van der Waals surface area contributed by atoms with Crippen LogP contribution in [0.15, 0.2) is 0 Å². The fraction of sp³-hybridized carbons (Fsp3) is 0.909. The molecule has 0 aromatic carbocycles. The van der Waals surface area contributed by atoms with Gasteiger partial charge >= 0.3 is 11.9 Å². The Kier molecular flexibility index (Phi) is 10.4. The molecule has 8 rings (SSSR count). The van der Waals surface area contributed by atoms with E-state index in [2.05, 4.69) is 27.7 Å². The van der Waals surface area contributed by atoms with Crippen LogP contribution in [0, 0.1) is 57.2 Å². The number of ketones is 2. The number of ether oxygens (including phenoxy) is 4. The lowest BCUT2D eigenvalue weighted by Crippen LogP contribution is -2.68. The summed E-state index contributed by atoms with van der Waals surface area (Å²) in [5.74, 6) is 2.21. The highest BCUT2D eigenvalue weighted by Crippen LogP contribution is 2.69. The van der Waals surface area contributed by atoms with Gasteiger partial charge in [0.15, 0.2) is 11.6 Å². The Morgan fingerprint density at radius 3 is 1.65 bits per heavy atom. The zero-order valence-corrected chi connectivity index (χ0v) is 34.2. The summed E-state index contributed by atoms with van der Waals surface area (Å²) in [7, 11) is 3.30. The first-order chi connectivity index (χ1) is 25.4. The number of methoxy groups -OCH3 is 2. The van der Waals surface area contributed by atoms with Crippen molar-refractivity contribution in [3.8, 4) is 0 Å². The van der Waals surface area contributed by atoms with Crippen molar-refractivity contribution in [1.29, 1.82) is 0 Å². The normalized spacial score (nSPS) is 51.9. The quantitative estimate of drug-likeness (QED) is 0.304. The summed E-state index contributed by atoms with van der Waals surface area (Å²) >= 11 is 0. The van der Waals surface area contributed by atoms with E-state index in [1.54, 1.807) is 14.2 Å². The maximum absolute atomic E-state index is 13.7. The maximum atomic E-state index is 13.7. The van der Waals surface area contributed by atoms with Crippen molar-refractivity contribution < 1.29 is 48.3 Å². The summed E-state index contributed by atoms with van der Waals surface area (Å²) in [5.41, 5.74) is -2.20. The van der Waals surface area contributed by atoms with Gasteiger partial charge in [0.1, 0.15) is 23.4 Å². The minimum Gasteiger partial charge on any atom is -0.462 e. The summed E-state index contributed by atoms with van der Waals surface area (Å²) < 4.78 is 23.2. The van der Waals surface area contributed by atoms with Gasteiger partial charge in [0.2, 0.25) is 0 Å². The van der Waals surface area contributed by atoms with Gasteiger partial charge in [-0.05, 0) is 118 Å². The third-order valence-electron chi connectivity index (χ3n) is 18.3. The van der Waals surface area contributed by atoms with Crippen LogP contribution >= 0.6 is 0 Å². The molecular formula is C44H68O10. The Morgan fingerprint density at radius 1 is 0.593 bits per heavy atom. The monoisotopic (exact) mass is 756 g/mol. The molecule has 10 heteroatoms. The molecule has 0 aromatic heterocycles. The zero-order valence-electron chi connectivity index (χ0n) is 34.2. The van der Waals surface area contributed by atoms with E-state index in [-0.39, 0.29) is 63.5 Å². The second-order valence-corrected chi connectivity index (χ2v) is 20.1. The topological polar surface area (TPSA) is 146 Å². The number of carbonyl (C=O) groups is 4. The van der Waals surface area contributed by atoms with Gasteiger partial charge in [-0.25, -0.2) is 0 Å². The van der Waals surface area contributed by atoms with E-state index in [0.29, 0.717) is 61.2 Å². The van der Waals surface area contributed by atoms with Crippen LogP contribution < -0.4 is 0 Å². The molecule has 0 saturated heterocycles. The van der Waals surface area contributed by atoms with E-state index in [0.717, 1.165) is 77.0 Å². The number of rotatable bonds is 4. The first-order valence-corrected chi connectivity index (χ1v) is 21.2. The summed E-state index contributed by atoms with van der Waals surface area (Å²) in [5, 5.41) is 20.8. The predicted octanol–water partition coefficient (Wildman–Crippen LogP) is 6.54. The van der Waals surface area contributed by atoms with Crippen LogP contribution in [0.1, 0.15) is 144 Å². The second-order valence-electron chi connectivity index (χ2n) is 20.1. The highest BCUT2D eigenvalue weighted by molar-refractivity contribution is 5.91. The van der Waals surface area contributed by atoms with Crippen molar-refractivity contribution in [2.75, 3.05) is 14.2 Å². The van der Waals surface area contributed by atoms with E-state index < -0.39 is 17.3 Å². The molecule has 2 N–H and O–H groups in total. The standard InChI is InChI=1S/C24H36O6.C20H32O4/c1-14(25)29-16-8-11-23(4)19-9-10-22(3)18(6-7-21(22)30-15(2)26)17(19)12-20(27)24(23,13-16)28-5;1-18-8-7-15-13(14(18)4-5-16(18)22)10-17(23)20(24-3)11-12(21)6-9-19(15,20)2/h16-19,21H,6-13H2,1-5H3;12-16,21-22H,4-11H2,1-3H3/t16-,17+,18?,19?,21+,22+,23-,24+;12-,13+,14?,15?,16+,18+,19-,20+/m11/s1. The van der Waals surface area contributed by atoms with E-state index in [1.165, 1.54) is 13.8 Å². The van der Waals surface area contributed by atoms with Gasteiger partial charge in [0, 0.05) is 70.0 Å².